The van der Waals surface area contributed by atoms with Crippen LogP contribution in [0, 0.1) is 0 Å². The maximum Gasteiger partial charge on any atom is 0.0940 e. The van der Waals surface area contributed by atoms with Crippen molar-refractivity contribution >= 4 is 0 Å². The SMILES string of the molecule is CC.CC.CNC(C)C(O)c1ccccc1. The van der Waals surface area contributed by atoms with E-state index in [1.165, 1.54) is 0 Å². The van der Waals surface area contributed by atoms with Gasteiger partial charge in [-0.2, -0.15) is 0 Å². The maximum atomic E-state index is 9.73. The standard InChI is InChI=1S/C10H15NO.2C2H6/c1-8(11-2)10(12)9-6-4-3-5-7-9;2*1-2/h3-8,10-12H,1-2H3;2*1-2H3. The Hall–Kier alpha value is -0.860. The van der Waals surface area contributed by atoms with Gasteiger partial charge in [-0.1, -0.05) is 58.0 Å². The molecule has 1 rings (SSSR count). The van der Waals surface area contributed by atoms with E-state index in [2.05, 4.69) is 5.32 Å². The van der Waals surface area contributed by atoms with Gasteiger partial charge in [0.2, 0.25) is 0 Å². The molecule has 2 N–H and O–H groups in total. The van der Waals surface area contributed by atoms with Gasteiger partial charge in [0.15, 0.2) is 0 Å². The van der Waals surface area contributed by atoms with Crippen molar-refractivity contribution in [2.75, 3.05) is 7.05 Å². The molecule has 1 aromatic rings. The lowest BCUT2D eigenvalue weighted by molar-refractivity contribution is 0.140. The zero-order chi connectivity index (χ0) is 13.0. The Balaban J connectivity index is 0. The molecule has 0 bridgehead atoms. The Morgan fingerprint density at radius 1 is 1.00 bits per heavy atom. The number of hydrogen-bond acceptors (Lipinski definition) is 2. The molecule has 0 radical (unpaired) electrons. The third kappa shape index (κ3) is 6.59. The van der Waals surface area contributed by atoms with Crippen LogP contribution in [0.3, 0.4) is 0 Å². The van der Waals surface area contributed by atoms with E-state index in [1.807, 2.05) is 72.0 Å². The summed E-state index contributed by atoms with van der Waals surface area (Å²) >= 11 is 0. The first-order chi connectivity index (χ1) is 7.75. The highest BCUT2D eigenvalue weighted by Gasteiger charge is 2.12. The van der Waals surface area contributed by atoms with Gasteiger partial charge in [0.1, 0.15) is 0 Å². The van der Waals surface area contributed by atoms with Gasteiger partial charge in [0.05, 0.1) is 6.10 Å². The Kier molecular flexibility index (Phi) is 13.4. The highest BCUT2D eigenvalue weighted by Crippen LogP contribution is 2.15. The van der Waals surface area contributed by atoms with Crippen molar-refractivity contribution in [1.29, 1.82) is 0 Å². The number of hydrogen-bond donors (Lipinski definition) is 2. The summed E-state index contributed by atoms with van der Waals surface area (Å²) in [5.41, 5.74) is 0.958. The highest BCUT2D eigenvalue weighted by atomic mass is 16.3. The molecular weight excluding hydrogens is 198 g/mol. The number of nitrogens with one attached hydrogen (secondary N) is 1. The van der Waals surface area contributed by atoms with Crippen LogP contribution in [0.2, 0.25) is 0 Å². The van der Waals surface area contributed by atoms with E-state index in [0.717, 1.165) is 5.56 Å². The van der Waals surface area contributed by atoms with E-state index in [1.54, 1.807) is 0 Å². The van der Waals surface area contributed by atoms with Crippen molar-refractivity contribution in [3.05, 3.63) is 35.9 Å². The molecule has 0 aliphatic rings. The first-order valence-corrected chi connectivity index (χ1v) is 6.16. The molecule has 2 atom stereocenters. The highest BCUT2D eigenvalue weighted by molar-refractivity contribution is 5.18. The molecule has 0 fully saturated rings. The summed E-state index contributed by atoms with van der Waals surface area (Å²) in [4.78, 5) is 0. The summed E-state index contributed by atoms with van der Waals surface area (Å²) in [7, 11) is 1.84. The summed E-state index contributed by atoms with van der Waals surface area (Å²) in [5.74, 6) is 0. The lowest BCUT2D eigenvalue weighted by Crippen LogP contribution is -2.28. The van der Waals surface area contributed by atoms with Crippen molar-refractivity contribution in [1.82, 2.24) is 5.32 Å². The molecule has 0 spiro atoms. The molecule has 0 aliphatic carbocycles. The topological polar surface area (TPSA) is 32.3 Å². The Morgan fingerprint density at radius 2 is 1.44 bits per heavy atom. The van der Waals surface area contributed by atoms with Gasteiger partial charge in [-0.15, -0.1) is 0 Å². The second-order valence-corrected chi connectivity index (χ2v) is 2.93. The molecule has 94 valence electrons. The van der Waals surface area contributed by atoms with E-state index >= 15 is 0 Å². The van der Waals surface area contributed by atoms with Gasteiger partial charge in [-0.05, 0) is 19.5 Å². The van der Waals surface area contributed by atoms with Crippen LogP contribution in [0.25, 0.3) is 0 Å². The summed E-state index contributed by atoms with van der Waals surface area (Å²) in [5, 5.41) is 12.7. The van der Waals surface area contributed by atoms with Crippen LogP contribution in [-0.4, -0.2) is 18.2 Å². The van der Waals surface area contributed by atoms with Crippen LogP contribution in [0.5, 0.6) is 0 Å². The quantitative estimate of drug-likeness (QED) is 0.826. The molecule has 0 amide bonds. The molecule has 0 saturated carbocycles. The van der Waals surface area contributed by atoms with Crippen LogP contribution in [-0.2, 0) is 0 Å². The minimum atomic E-state index is -0.420. The monoisotopic (exact) mass is 225 g/mol. The first kappa shape index (κ1) is 17.5. The van der Waals surface area contributed by atoms with Gasteiger partial charge in [-0.25, -0.2) is 0 Å². The summed E-state index contributed by atoms with van der Waals surface area (Å²) in [6.45, 7) is 9.96. The first-order valence-electron chi connectivity index (χ1n) is 6.16. The van der Waals surface area contributed by atoms with Crippen LogP contribution >= 0.6 is 0 Å². The van der Waals surface area contributed by atoms with Crippen molar-refractivity contribution in [2.45, 2.75) is 46.8 Å². The molecular formula is C14H27NO. The van der Waals surface area contributed by atoms with Crippen molar-refractivity contribution in [3.8, 4) is 0 Å². The lowest BCUT2D eigenvalue weighted by Gasteiger charge is -2.17. The Morgan fingerprint density at radius 3 is 1.81 bits per heavy atom. The van der Waals surface area contributed by atoms with Gasteiger partial charge in [0, 0.05) is 6.04 Å². The number of likely N-dealkylation sites (N-methyl/N-ethyl adjacent to an activating group) is 1. The number of aliphatic hydroxyl groups excluding tert-OH is 1. The van der Waals surface area contributed by atoms with Gasteiger partial charge in [0.25, 0.3) is 0 Å². The predicted octanol–water partition coefficient (Wildman–Crippen LogP) is 3.38. The van der Waals surface area contributed by atoms with Crippen molar-refractivity contribution < 1.29 is 5.11 Å². The zero-order valence-electron chi connectivity index (χ0n) is 11.5. The van der Waals surface area contributed by atoms with Crippen molar-refractivity contribution in [2.24, 2.45) is 0 Å². The molecule has 0 saturated heterocycles. The van der Waals surface area contributed by atoms with Crippen LogP contribution in [0.4, 0.5) is 0 Å². The molecule has 0 heterocycles. The van der Waals surface area contributed by atoms with E-state index in [4.69, 9.17) is 0 Å². The number of rotatable bonds is 3. The molecule has 0 aliphatic heterocycles. The summed E-state index contributed by atoms with van der Waals surface area (Å²) in [6.07, 6.45) is -0.420. The van der Waals surface area contributed by atoms with Crippen molar-refractivity contribution in [3.63, 3.8) is 0 Å². The smallest absolute Gasteiger partial charge is 0.0940 e. The average Bonchev–Trinajstić information content (AvgIpc) is 2.42. The van der Waals surface area contributed by atoms with Crippen LogP contribution in [0.15, 0.2) is 30.3 Å². The molecule has 2 heteroatoms. The fourth-order valence-corrected chi connectivity index (χ4v) is 1.10. The van der Waals surface area contributed by atoms with Crippen LogP contribution in [0.1, 0.15) is 46.3 Å². The lowest BCUT2D eigenvalue weighted by atomic mass is 10.0. The average molecular weight is 225 g/mol. The minimum Gasteiger partial charge on any atom is -0.387 e. The van der Waals surface area contributed by atoms with E-state index in [-0.39, 0.29) is 6.04 Å². The maximum absolute atomic E-state index is 9.73. The minimum absolute atomic E-state index is 0.0902. The zero-order valence-corrected chi connectivity index (χ0v) is 11.5. The predicted molar refractivity (Wildman–Crippen MR) is 72.6 cm³/mol. The molecule has 16 heavy (non-hydrogen) atoms. The van der Waals surface area contributed by atoms with Crippen LogP contribution < -0.4 is 5.32 Å². The molecule has 0 aromatic heterocycles. The van der Waals surface area contributed by atoms with Gasteiger partial charge >= 0.3 is 0 Å². The molecule has 2 nitrogen and oxygen atoms in total. The van der Waals surface area contributed by atoms with E-state index in [9.17, 15) is 5.11 Å². The fourth-order valence-electron chi connectivity index (χ4n) is 1.10. The molecule has 1 aromatic carbocycles. The third-order valence-corrected chi connectivity index (χ3v) is 2.07. The fraction of sp³-hybridized carbons (Fsp3) is 0.571. The van der Waals surface area contributed by atoms with E-state index in [0.29, 0.717) is 0 Å². The second-order valence-electron chi connectivity index (χ2n) is 2.93. The Labute approximate surface area is 101 Å². The Bertz CT molecular complexity index is 223. The largest absolute Gasteiger partial charge is 0.387 e. The number of benzene rings is 1. The third-order valence-electron chi connectivity index (χ3n) is 2.07. The molecule has 2 unspecified atom stereocenters. The van der Waals surface area contributed by atoms with Gasteiger partial charge < -0.3 is 10.4 Å². The summed E-state index contributed by atoms with van der Waals surface area (Å²) in [6, 6.07) is 9.76. The second kappa shape index (κ2) is 12.2. The number of aliphatic hydroxyl groups is 1. The normalized spacial score (nSPS) is 12.4. The van der Waals surface area contributed by atoms with Gasteiger partial charge in [-0.3, -0.25) is 0 Å². The van der Waals surface area contributed by atoms with E-state index < -0.39 is 6.10 Å². The summed E-state index contributed by atoms with van der Waals surface area (Å²) < 4.78 is 0.